The molecule has 0 radical (unpaired) electrons. The highest BCUT2D eigenvalue weighted by Gasteiger charge is 2.33. The summed E-state index contributed by atoms with van der Waals surface area (Å²) < 4.78 is 5.87. The number of carboxylic acid groups (broad SMARTS) is 1. The molecule has 19 heavy (non-hydrogen) atoms. The largest absolute Gasteiger partial charge is 0.480 e. The first-order chi connectivity index (χ1) is 8.84. The third kappa shape index (κ3) is 5.91. The average Bonchev–Trinajstić information content (AvgIpc) is 2.25. The Morgan fingerprint density at radius 1 is 1.47 bits per heavy atom. The molecule has 112 valence electrons. The molecule has 1 aliphatic rings. The summed E-state index contributed by atoms with van der Waals surface area (Å²) in [6.45, 7) is 9.79. The Balaban J connectivity index is 2.42. The van der Waals surface area contributed by atoms with Gasteiger partial charge in [0.25, 0.3) is 0 Å². The number of ether oxygens (including phenoxy) is 1. The zero-order valence-electron chi connectivity index (χ0n) is 12.7. The molecule has 1 rings (SSSR count). The number of carbonyl (C=O) groups is 1. The summed E-state index contributed by atoms with van der Waals surface area (Å²) in [7, 11) is 0. The van der Waals surface area contributed by atoms with Crippen LogP contribution in [0.5, 0.6) is 0 Å². The fourth-order valence-corrected chi connectivity index (χ4v) is 3.15. The van der Waals surface area contributed by atoms with Crippen molar-refractivity contribution in [1.29, 1.82) is 0 Å². The van der Waals surface area contributed by atoms with Gasteiger partial charge in [0.05, 0.1) is 12.7 Å². The van der Waals surface area contributed by atoms with Gasteiger partial charge in [-0.2, -0.15) is 0 Å². The van der Waals surface area contributed by atoms with Gasteiger partial charge in [-0.05, 0) is 43.6 Å². The second-order valence-corrected chi connectivity index (χ2v) is 6.71. The van der Waals surface area contributed by atoms with Crippen molar-refractivity contribution in [1.82, 2.24) is 5.32 Å². The van der Waals surface area contributed by atoms with Gasteiger partial charge in [-0.3, -0.25) is 4.79 Å². The molecule has 3 unspecified atom stereocenters. The Hall–Kier alpha value is -0.610. The van der Waals surface area contributed by atoms with Gasteiger partial charge in [-0.25, -0.2) is 0 Å². The van der Waals surface area contributed by atoms with E-state index in [-0.39, 0.29) is 12.7 Å². The van der Waals surface area contributed by atoms with E-state index >= 15 is 0 Å². The molecule has 0 heterocycles. The predicted octanol–water partition coefficient (Wildman–Crippen LogP) is 2.67. The highest BCUT2D eigenvalue weighted by Crippen LogP contribution is 2.39. The van der Waals surface area contributed by atoms with Crippen molar-refractivity contribution in [3.63, 3.8) is 0 Å². The Morgan fingerprint density at radius 3 is 2.68 bits per heavy atom. The average molecular weight is 271 g/mol. The van der Waals surface area contributed by atoms with Crippen LogP contribution in [-0.4, -0.2) is 36.4 Å². The monoisotopic (exact) mass is 271 g/mol. The molecule has 0 bridgehead atoms. The number of carboxylic acids is 1. The lowest BCUT2D eigenvalue weighted by atomic mass is 9.71. The van der Waals surface area contributed by atoms with E-state index in [4.69, 9.17) is 9.84 Å². The standard InChI is InChI=1S/C15H29NO3/c1-5-6-16-13(14(17)18)10-19-12-7-11(2)8-15(3,4)9-12/h11-13,16H,5-10H2,1-4H3,(H,17,18). The van der Waals surface area contributed by atoms with Gasteiger partial charge >= 0.3 is 5.97 Å². The fraction of sp³-hybridized carbons (Fsp3) is 0.933. The van der Waals surface area contributed by atoms with Crippen molar-refractivity contribution in [2.24, 2.45) is 11.3 Å². The molecule has 0 aromatic carbocycles. The minimum atomic E-state index is -0.823. The van der Waals surface area contributed by atoms with Crippen molar-refractivity contribution in [2.45, 2.75) is 65.5 Å². The molecule has 0 aliphatic heterocycles. The summed E-state index contributed by atoms with van der Waals surface area (Å²) >= 11 is 0. The predicted molar refractivity (Wildman–Crippen MR) is 76.3 cm³/mol. The molecule has 1 saturated carbocycles. The molecule has 1 fully saturated rings. The molecule has 2 N–H and O–H groups in total. The first kappa shape index (κ1) is 16.4. The van der Waals surface area contributed by atoms with Crippen molar-refractivity contribution < 1.29 is 14.6 Å². The molecule has 0 saturated heterocycles. The Morgan fingerprint density at radius 2 is 2.16 bits per heavy atom. The van der Waals surface area contributed by atoms with Crippen molar-refractivity contribution >= 4 is 5.97 Å². The van der Waals surface area contributed by atoms with Crippen molar-refractivity contribution in [3.05, 3.63) is 0 Å². The van der Waals surface area contributed by atoms with Gasteiger partial charge in [0.15, 0.2) is 0 Å². The quantitative estimate of drug-likeness (QED) is 0.747. The van der Waals surface area contributed by atoms with Crippen LogP contribution < -0.4 is 5.32 Å². The van der Waals surface area contributed by atoms with E-state index < -0.39 is 12.0 Å². The van der Waals surface area contributed by atoms with Crippen LogP contribution in [0.15, 0.2) is 0 Å². The van der Waals surface area contributed by atoms with Gasteiger partial charge in [0.2, 0.25) is 0 Å². The summed E-state index contributed by atoms with van der Waals surface area (Å²) in [6, 6.07) is -0.583. The number of aliphatic carboxylic acids is 1. The molecule has 0 amide bonds. The summed E-state index contributed by atoms with van der Waals surface area (Å²) in [5, 5.41) is 12.2. The summed E-state index contributed by atoms with van der Waals surface area (Å²) in [6.07, 6.45) is 4.42. The van der Waals surface area contributed by atoms with E-state index in [1.165, 1.54) is 6.42 Å². The minimum absolute atomic E-state index is 0.198. The summed E-state index contributed by atoms with van der Waals surface area (Å²) in [5.41, 5.74) is 0.303. The lowest BCUT2D eigenvalue weighted by molar-refractivity contribution is -0.142. The highest BCUT2D eigenvalue weighted by molar-refractivity contribution is 5.73. The highest BCUT2D eigenvalue weighted by atomic mass is 16.5. The van der Waals surface area contributed by atoms with Gasteiger partial charge in [0, 0.05) is 0 Å². The SMILES string of the molecule is CCCNC(COC1CC(C)CC(C)(C)C1)C(=O)O. The van der Waals surface area contributed by atoms with Crippen LogP contribution in [0.25, 0.3) is 0 Å². The van der Waals surface area contributed by atoms with Crippen LogP contribution in [0.4, 0.5) is 0 Å². The number of hydrogen-bond acceptors (Lipinski definition) is 3. The smallest absolute Gasteiger partial charge is 0.323 e. The summed E-state index contributed by atoms with van der Waals surface area (Å²) in [4.78, 5) is 11.1. The molecule has 4 heteroatoms. The van der Waals surface area contributed by atoms with Gasteiger partial charge in [-0.1, -0.05) is 27.7 Å². The normalized spacial score (nSPS) is 28.0. The second-order valence-electron chi connectivity index (χ2n) is 6.71. The molecular formula is C15H29NO3. The summed E-state index contributed by atoms with van der Waals surface area (Å²) in [5.74, 6) is -0.169. The third-order valence-electron chi connectivity index (χ3n) is 3.78. The van der Waals surface area contributed by atoms with Crippen LogP contribution in [0.2, 0.25) is 0 Å². The molecule has 0 aromatic rings. The lowest BCUT2D eigenvalue weighted by Gasteiger charge is -2.39. The van der Waals surface area contributed by atoms with Gasteiger partial charge < -0.3 is 15.2 Å². The minimum Gasteiger partial charge on any atom is -0.480 e. The molecular weight excluding hydrogens is 242 g/mol. The zero-order chi connectivity index (χ0) is 14.5. The maximum absolute atomic E-state index is 11.1. The first-order valence-corrected chi connectivity index (χ1v) is 7.42. The van der Waals surface area contributed by atoms with E-state index in [1.54, 1.807) is 0 Å². The van der Waals surface area contributed by atoms with E-state index in [0.717, 1.165) is 19.3 Å². The van der Waals surface area contributed by atoms with Crippen LogP contribution in [0.3, 0.4) is 0 Å². The van der Waals surface area contributed by atoms with Crippen LogP contribution in [0.1, 0.15) is 53.4 Å². The maximum atomic E-state index is 11.1. The van der Waals surface area contributed by atoms with Crippen LogP contribution >= 0.6 is 0 Å². The topological polar surface area (TPSA) is 58.6 Å². The number of nitrogens with one attached hydrogen (secondary N) is 1. The van der Waals surface area contributed by atoms with E-state index in [9.17, 15) is 4.79 Å². The Bertz CT molecular complexity index is 291. The number of rotatable bonds is 7. The molecule has 0 aromatic heterocycles. The van der Waals surface area contributed by atoms with Gasteiger partial charge in [0.1, 0.15) is 6.04 Å². The fourth-order valence-electron chi connectivity index (χ4n) is 3.15. The van der Waals surface area contributed by atoms with Crippen LogP contribution in [-0.2, 0) is 9.53 Å². The van der Waals surface area contributed by atoms with Crippen LogP contribution in [0, 0.1) is 11.3 Å². The van der Waals surface area contributed by atoms with E-state index in [2.05, 4.69) is 26.1 Å². The Kier molecular flexibility index (Phi) is 6.27. The second kappa shape index (κ2) is 7.25. The van der Waals surface area contributed by atoms with Crippen molar-refractivity contribution in [2.75, 3.05) is 13.2 Å². The zero-order valence-corrected chi connectivity index (χ0v) is 12.7. The van der Waals surface area contributed by atoms with Crippen molar-refractivity contribution in [3.8, 4) is 0 Å². The molecule has 0 spiro atoms. The van der Waals surface area contributed by atoms with Gasteiger partial charge in [-0.15, -0.1) is 0 Å². The first-order valence-electron chi connectivity index (χ1n) is 7.42. The molecule has 1 aliphatic carbocycles. The number of hydrogen-bond donors (Lipinski definition) is 2. The maximum Gasteiger partial charge on any atom is 0.323 e. The molecule has 3 atom stereocenters. The van der Waals surface area contributed by atoms with E-state index in [1.807, 2.05) is 6.92 Å². The lowest BCUT2D eigenvalue weighted by Crippen LogP contribution is -2.43. The Labute approximate surface area is 116 Å². The molecule has 4 nitrogen and oxygen atoms in total. The van der Waals surface area contributed by atoms with E-state index in [0.29, 0.717) is 17.9 Å². The third-order valence-corrected chi connectivity index (χ3v) is 3.78.